The highest BCUT2D eigenvalue weighted by Crippen LogP contribution is 2.36. The summed E-state index contributed by atoms with van der Waals surface area (Å²) in [6.45, 7) is 3.13. The van der Waals surface area contributed by atoms with Gasteiger partial charge in [0.05, 0.1) is 19.8 Å². The molecule has 1 saturated heterocycles. The summed E-state index contributed by atoms with van der Waals surface area (Å²) in [5.41, 5.74) is 1.08. The Balaban J connectivity index is 2.08. The minimum Gasteiger partial charge on any atom is -0.469 e. The summed E-state index contributed by atoms with van der Waals surface area (Å²) in [4.78, 5) is 25.8. The van der Waals surface area contributed by atoms with Gasteiger partial charge in [-0.3, -0.25) is 4.79 Å². The van der Waals surface area contributed by atoms with E-state index in [9.17, 15) is 9.59 Å². The van der Waals surface area contributed by atoms with Crippen LogP contribution in [0.25, 0.3) is 0 Å². The fourth-order valence-electron chi connectivity index (χ4n) is 3.14. The normalized spacial score (nSPS) is 20.5. The molecule has 1 aromatic carbocycles. The van der Waals surface area contributed by atoms with Crippen molar-refractivity contribution in [2.75, 3.05) is 20.3 Å². The lowest BCUT2D eigenvalue weighted by Crippen LogP contribution is -2.42. The number of nitrogens with zero attached hydrogens (tertiary/aromatic N) is 1. The molecule has 5 heteroatoms. The van der Waals surface area contributed by atoms with Crippen LogP contribution in [0.3, 0.4) is 0 Å². The summed E-state index contributed by atoms with van der Waals surface area (Å²) < 4.78 is 10.2. The molecule has 1 aliphatic rings. The zero-order valence-corrected chi connectivity index (χ0v) is 14.6. The van der Waals surface area contributed by atoms with E-state index in [-0.39, 0.29) is 24.0 Å². The smallest absolute Gasteiger partial charge is 0.410 e. The van der Waals surface area contributed by atoms with E-state index in [1.54, 1.807) is 4.90 Å². The number of piperidine rings is 1. The number of hydrogen-bond acceptors (Lipinski definition) is 4. The van der Waals surface area contributed by atoms with E-state index >= 15 is 0 Å². The molecule has 0 spiro atoms. The van der Waals surface area contributed by atoms with E-state index in [4.69, 9.17) is 9.47 Å². The number of ether oxygens (including phenoxy) is 2. The van der Waals surface area contributed by atoms with E-state index in [1.165, 1.54) is 7.11 Å². The first-order valence-electron chi connectivity index (χ1n) is 8.70. The zero-order chi connectivity index (χ0) is 17.4. The average molecular weight is 333 g/mol. The molecule has 0 saturated carbocycles. The van der Waals surface area contributed by atoms with Gasteiger partial charge in [0, 0.05) is 13.0 Å². The second-order valence-corrected chi connectivity index (χ2v) is 6.26. The van der Waals surface area contributed by atoms with Crippen molar-refractivity contribution in [2.45, 2.75) is 45.1 Å². The first-order chi connectivity index (χ1) is 11.7. The molecule has 5 nitrogen and oxygen atoms in total. The Labute approximate surface area is 143 Å². The minimum absolute atomic E-state index is 0.0521. The Morgan fingerprint density at radius 2 is 2.00 bits per heavy atom. The number of carbonyl (C=O) groups is 2. The number of esters is 1. The van der Waals surface area contributed by atoms with Crippen molar-refractivity contribution in [3.05, 3.63) is 35.9 Å². The number of rotatable bonds is 6. The van der Waals surface area contributed by atoms with E-state index in [0.29, 0.717) is 19.6 Å². The Bertz CT molecular complexity index is 531. The molecule has 2 rings (SSSR count). The molecule has 0 aromatic heterocycles. The Morgan fingerprint density at radius 1 is 1.25 bits per heavy atom. The molecule has 0 aliphatic carbocycles. The quantitative estimate of drug-likeness (QED) is 0.584. The van der Waals surface area contributed by atoms with Crippen LogP contribution in [-0.2, 0) is 14.3 Å². The van der Waals surface area contributed by atoms with Crippen molar-refractivity contribution in [1.82, 2.24) is 4.90 Å². The lowest BCUT2D eigenvalue weighted by molar-refractivity contribution is -0.142. The molecule has 1 aliphatic heterocycles. The second kappa shape index (κ2) is 9.30. The molecule has 132 valence electrons. The van der Waals surface area contributed by atoms with Crippen LogP contribution in [0.4, 0.5) is 4.79 Å². The number of amides is 1. The fraction of sp³-hybridized carbons (Fsp3) is 0.579. The first-order valence-corrected chi connectivity index (χ1v) is 8.70. The van der Waals surface area contributed by atoms with Crippen molar-refractivity contribution < 1.29 is 19.1 Å². The Morgan fingerprint density at radius 3 is 2.67 bits per heavy atom. The highest BCUT2D eigenvalue weighted by molar-refractivity contribution is 5.70. The SMILES string of the molecule is CCCCOC(=O)N1CC[C@@H](CC(=O)OC)C[C@H]1c1ccccc1. The van der Waals surface area contributed by atoms with Gasteiger partial charge in [0.1, 0.15) is 0 Å². The van der Waals surface area contributed by atoms with Gasteiger partial charge in [0.25, 0.3) is 0 Å². The van der Waals surface area contributed by atoms with E-state index in [0.717, 1.165) is 31.2 Å². The Kier molecular flexibility index (Phi) is 7.09. The van der Waals surface area contributed by atoms with E-state index in [2.05, 4.69) is 6.92 Å². The van der Waals surface area contributed by atoms with Crippen molar-refractivity contribution in [3.63, 3.8) is 0 Å². The Hall–Kier alpha value is -2.04. The third-order valence-corrected chi connectivity index (χ3v) is 4.54. The maximum atomic E-state index is 12.5. The summed E-state index contributed by atoms with van der Waals surface area (Å²) in [7, 11) is 1.41. The molecule has 0 unspecified atom stereocenters. The fourth-order valence-corrected chi connectivity index (χ4v) is 3.14. The van der Waals surface area contributed by atoms with Crippen LogP contribution >= 0.6 is 0 Å². The molecule has 0 N–H and O–H groups in total. The molecule has 24 heavy (non-hydrogen) atoms. The van der Waals surface area contributed by atoms with Crippen LogP contribution in [-0.4, -0.2) is 37.2 Å². The number of methoxy groups -OCH3 is 1. The number of hydrogen-bond donors (Lipinski definition) is 0. The lowest BCUT2D eigenvalue weighted by atomic mass is 9.85. The van der Waals surface area contributed by atoms with Gasteiger partial charge in [-0.25, -0.2) is 4.79 Å². The molecule has 1 heterocycles. The second-order valence-electron chi connectivity index (χ2n) is 6.26. The molecular weight excluding hydrogens is 306 g/mol. The van der Waals surface area contributed by atoms with Crippen molar-refractivity contribution >= 4 is 12.1 Å². The monoisotopic (exact) mass is 333 g/mol. The van der Waals surface area contributed by atoms with Gasteiger partial charge in [0.2, 0.25) is 0 Å². The maximum Gasteiger partial charge on any atom is 0.410 e. The van der Waals surface area contributed by atoms with Gasteiger partial charge in [0.15, 0.2) is 0 Å². The third-order valence-electron chi connectivity index (χ3n) is 4.54. The summed E-state index contributed by atoms with van der Waals surface area (Å²) >= 11 is 0. The van der Waals surface area contributed by atoms with Gasteiger partial charge in [-0.2, -0.15) is 0 Å². The molecule has 1 aromatic rings. The van der Waals surface area contributed by atoms with E-state index < -0.39 is 0 Å². The predicted octanol–water partition coefficient (Wildman–Crippen LogP) is 3.94. The zero-order valence-electron chi connectivity index (χ0n) is 14.6. The summed E-state index contributed by atoms with van der Waals surface area (Å²) in [5.74, 6) is 0.0353. The molecule has 1 amide bonds. The standard InChI is InChI=1S/C19H27NO4/c1-3-4-12-24-19(22)20-11-10-15(14-18(21)23-2)13-17(20)16-8-6-5-7-9-16/h5-9,15,17H,3-4,10-14H2,1-2H3/t15-,17+/m1/s1. The van der Waals surface area contributed by atoms with Gasteiger partial charge in [-0.1, -0.05) is 43.7 Å². The highest BCUT2D eigenvalue weighted by Gasteiger charge is 2.34. The molecule has 1 fully saturated rings. The topological polar surface area (TPSA) is 55.8 Å². The van der Waals surface area contributed by atoms with Gasteiger partial charge in [-0.15, -0.1) is 0 Å². The van der Waals surface area contributed by atoms with Crippen LogP contribution in [0.2, 0.25) is 0 Å². The van der Waals surface area contributed by atoms with Crippen LogP contribution in [0, 0.1) is 5.92 Å². The van der Waals surface area contributed by atoms with Crippen LogP contribution < -0.4 is 0 Å². The van der Waals surface area contributed by atoms with Crippen LogP contribution in [0.5, 0.6) is 0 Å². The number of benzene rings is 1. The average Bonchev–Trinajstić information content (AvgIpc) is 2.62. The van der Waals surface area contributed by atoms with Gasteiger partial charge < -0.3 is 14.4 Å². The minimum atomic E-state index is -0.256. The predicted molar refractivity (Wildman–Crippen MR) is 91.5 cm³/mol. The number of likely N-dealkylation sites (tertiary alicyclic amines) is 1. The molecule has 0 bridgehead atoms. The molecular formula is C19H27NO4. The summed E-state index contributed by atoms with van der Waals surface area (Å²) in [6, 6.07) is 9.90. The highest BCUT2D eigenvalue weighted by atomic mass is 16.6. The summed E-state index contributed by atoms with van der Waals surface area (Å²) in [5, 5.41) is 0. The van der Waals surface area contributed by atoms with Gasteiger partial charge >= 0.3 is 12.1 Å². The number of carbonyl (C=O) groups excluding carboxylic acids is 2. The van der Waals surface area contributed by atoms with Crippen LogP contribution in [0.1, 0.15) is 50.6 Å². The maximum absolute atomic E-state index is 12.5. The number of unbranched alkanes of at least 4 members (excludes halogenated alkanes) is 1. The lowest BCUT2D eigenvalue weighted by Gasteiger charge is -2.38. The third kappa shape index (κ3) is 4.98. The van der Waals surface area contributed by atoms with Crippen LogP contribution in [0.15, 0.2) is 30.3 Å². The van der Waals surface area contributed by atoms with Crippen molar-refractivity contribution in [2.24, 2.45) is 5.92 Å². The largest absolute Gasteiger partial charge is 0.469 e. The molecule has 2 atom stereocenters. The van der Waals surface area contributed by atoms with Crippen molar-refractivity contribution in [1.29, 1.82) is 0 Å². The van der Waals surface area contributed by atoms with Crippen molar-refractivity contribution in [3.8, 4) is 0 Å². The van der Waals surface area contributed by atoms with Gasteiger partial charge in [-0.05, 0) is 30.7 Å². The summed E-state index contributed by atoms with van der Waals surface area (Å²) in [6.07, 6.45) is 3.56. The molecule has 0 radical (unpaired) electrons. The first kappa shape index (κ1) is 18.3. The van der Waals surface area contributed by atoms with E-state index in [1.807, 2.05) is 30.3 Å².